The molecule has 0 radical (unpaired) electrons. The summed E-state index contributed by atoms with van der Waals surface area (Å²) in [4.78, 5) is 16.6. The molecule has 1 aromatic heterocycles. The fourth-order valence-corrected chi connectivity index (χ4v) is 2.49. The number of thiophene rings is 1. The van der Waals surface area contributed by atoms with Gasteiger partial charge in [-0.3, -0.25) is 0 Å². The van der Waals surface area contributed by atoms with Crippen molar-refractivity contribution in [1.82, 2.24) is 0 Å². The third-order valence-electron chi connectivity index (χ3n) is 2.90. The molecule has 0 N–H and O–H groups in total. The maximum atomic E-state index is 12.5. The number of aliphatic imine (C=N–C) groups is 1. The first kappa shape index (κ1) is 14.5. The largest absolute Gasteiger partial charge is 0.416 e. The Balaban J connectivity index is 1.88. The first-order valence-corrected chi connectivity index (χ1v) is 7.05. The van der Waals surface area contributed by atoms with E-state index in [1.54, 1.807) is 6.08 Å². The van der Waals surface area contributed by atoms with Gasteiger partial charge in [-0.05, 0) is 41.8 Å². The number of halogens is 3. The maximum absolute atomic E-state index is 12.5. The number of ether oxygens (including phenoxy) is 1. The van der Waals surface area contributed by atoms with Gasteiger partial charge in [0.15, 0.2) is 5.70 Å². The quantitative estimate of drug-likeness (QED) is 0.616. The number of benzene rings is 1. The summed E-state index contributed by atoms with van der Waals surface area (Å²) in [5.74, 6) is -0.621. The van der Waals surface area contributed by atoms with Crippen LogP contribution in [0.15, 0.2) is 52.5 Å². The second kappa shape index (κ2) is 5.42. The maximum Gasteiger partial charge on any atom is 0.416 e. The summed E-state index contributed by atoms with van der Waals surface area (Å²) < 4.78 is 42.5. The number of cyclic esters (lactones) is 1. The molecule has 0 aliphatic carbocycles. The second-order valence-corrected chi connectivity index (χ2v) is 5.41. The van der Waals surface area contributed by atoms with Gasteiger partial charge in [-0.2, -0.15) is 13.2 Å². The van der Waals surface area contributed by atoms with Gasteiger partial charge in [-0.1, -0.05) is 6.07 Å². The van der Waals surface area contributed by atoms with Crippen LogP contribution < -0.4 is 0 Å². The Morgan fingerprint density at radius 3 is 2.45 bits per heavy atom. The van der Waals surface area contributed by atoms with E-state index in [9.17, 15) is 18.0 Å². The topological polar surface area (TPSA) is 38.7 Å². The number of carbonyl (C=O) groups is 1. The van der Waals surface area contributed by atoms with Gasteiger partial charge in [-0.15, -0.1) is 11.3 Å². The summed E-state index contributed by atoms with van der Waals surface area (Å²) in [6.07, 6.45) is -2.83. The minimum atomic E-state index is -4.41. The summed E-state index contributed by atoms with van der Waals surface area (Å²) >= 11 is 1.44. The minimum absolute atomic E-state index is 0.00142. The predicted octanol–water partition coefficient (Wildman–Crippen LogP) is 4.11. The van der Waals surface area contributed by atoms with Crippen LogP contribution in [0.2, 0.25) is 0 Å². The van der Waals surface area contributed by atoms with Gasteiger partial charge >= 0.3 is 12.1 Å². The Labute approximate surface area is 127 Å². The standard InChI is InChI=1S/C15H8F3NO2S/c16-15(17,18)10-5-3-9(4-6-10)13-19-12(14(20)21-13)8-11-2-1-7-22-11/h1-8H/b12-8+. The highest BCUT2D eigenvalue weighted by atomic mass is 32.1. The van der Waals surface area contributed by atoms with Crippen LogP contribution in [0.25, 0.3) is 6.08 Å². The van der Waals surface area contributed by atoms with E-state index in [-0.39, 0.29) is 11.6 Å². The Kier molecular flexibility index (Phi) is 3.58. The lowest BCUT2D eigenvalue weighted by Crippen LogP contribution is -2.08. The lowest BCUT2D eigenvalue weighted by atomic mass is 10.1. The van der Waals surface area contributed by atoms with E-state index < -0.39 is 17.7 Å². The molecule has 0 atom stereocenters. The van der Waals surface area contributed by atoms with Crippen molar-refractivity contribution in [1.29, 1.82) is 0 Å². The van der Waals surface area contributed by atoms with Crippen molar-refractivity contribution in [3.63, 3.8) is 0 Å². The van der Waals surface area contributed by atoms with Crippen LogP contribution in [0.5, 0.6) is 0 Å². The highest BCUT2D eigenvalue weighted by molar-refractivity contribution is 7.10. The average Bonchev–Trinajstić information content (AvgIpc) is 3.09. The SMILES string of the molecule is O=C1OC(c2ccc(C(F)(F)F)cc2)=N/C1=C/c1cccs1. The second-order valence-electron chi connectivity index (χ2n) is 4.43. The molecule has 112 valence electrons. The summed E-state index contributed by atoms with van der Waals surface area (Å²) in [7, 11) is 0. The number of hydrogen-bond acceptors (Lipinski definition) is 4. The molecule has 1 aromatic carbocycles. The number of nitrogens with zero attached hydrogens (tertiary/aromatic N) is 1. The highest BCUT2D eigenvalue weighted by Crippen LogP contribution is 2.29. The Hall–Kier alpha value is -2.41. The summed E-state index contributed by atoms with van der Waals surface area (Å²) in [6, 6.07) is 7.94. The first-order valence-electron chi connectivity index (χ1n) is 6.17. The molecular weight excluding hydrogens is 315 g/mol. The van der Waals surface area contributed by atoms with Crippen molar-refractivity contribution in [2.45, 2.75) is 6.18 Å². The van der Waals surface area contributed by atoms with Gasteiger partial charge in [0.2, 0.25) is 5.90 Å². The summed E-state index contributed by atoms with van der Waals surface area (Å²) in [5, 5.41) is 1.85. The van der Waals surface area contributed by atoms with E-state index in [4.69, 9.17) is 4.74 Å². The molecular formula is C15H8F3NO2S. The molecule has 3 rings (SSSR count). The van der Waals surface area contributed by atoms with Crippen LogP contribution in [0.4, 0.5) is 13.2 Å². The Morgan fingerprint density at radius 1 is 1.14 bits per heavy atom. The minimum Gasteiger partial charge on any atom is -0.402 e. The molecule has 0 spiro atoms. The van der Waals surface area contributed by atoms with E-state index in [1.165, 1.54) is 23.5 Å². The molecule has 1 aliphatic rings. The molecule has 7 heteroatoms. The fourth-order valence-electron chi connectivity index (χ4n) is 1.84. The molecule has 2 heterocycles. The van der Waals surface area contributed by atoms with Crippen molar-refractivity contribution < 1.29 is 22.7 Å². The number of hydrogen-bond donors (Lipinski definition) is 0. The van der Waals surface area contributed by atoms with E-state index in [1.807, 2.05) is 17.5 Å². The summed E-state index contributed by atoms with van der Waals surface area (Å²) in [5.41, 5.74) is -0.330. The van der Waals surface area contributed by atoms with Gasteiger partial charge in [0, 0.05) is 10.4 Å². The van der Waals surface area contributed by atoms with Crippen LogP contribution >= 0.6 is 11.3 Å². The molecule has 0 saturated heterocycles. The van der Waals surface area contributed by atoms with Crippen molar-refractivity contribution in [2.75, 3.05) is 0 Å². The van der Waals surface area contributed by atoms with Crippen LogP contribution in [-0.2, 0) is 15.7 Å². The third kappa shape index (κ3) is 2.94. The highest BCUT2D eigenvalue weighted by Gasteiger charge is 2.31. The van der Waals surface area contributed by atoms with Gasteiger partial charge in [0.25, 0.3) is 0 Å². The van der Waals surface area contributed by atoms with E-state index >= 15 is 0 Å². The Bertz CT molecular complexity index is 759. The molecule has 0 saturated carbocycles. The summed E-state index contributed by atoms with van der Waals surface area (Å²) in [6.45, 7) is 0. The molecule has 3 nitrogen and oxygen atoms in total. The molecule has 0 bridgehead atoms. The van der Waals surface area contributed by atoms with Crippen molar-refractivity contribution >= 4 is 29.3 Å². The van der Waals surface area contributed by atoms with Gasteiger partial charge < -0.3 is 4.74 Å². The monoisotopic (exact) mass is 323 g/mol. The normalized spacial score (nSPS) is 16.8. The van der Waals surface area contributed by atoms with Crippen molar-refractivity contribution in [3.8, 4) is 0 Å². The van der Waals surface area contributed by atoms with Crippen LogP contribution in [0.3, 0.4) is 0 Å². The first-order chi connectivity index (χ1) is 10.4. The van der Waals surface area contributed by atoms with Crippen LogP contribution in [0.1, 0.15) is 16.0 Å². The third-order valence-corrected chi connectivity index (χ3v) is 3.72. The Morgan fingerprint density at radius 2 is 1.86 bits per heavy atom. The molecule has 0 fully saturated rings. The van der Waals surface area contributed by atoms with E-state index in [0.717, 1.165) is 17.0 Å². The van der Waals surface area contributed by atoms with Crippen LogP contribution in [0, 0.1) is 0 Å². The molecule has 2 aromatic rings. The lowest BCUT2D eigenvalue weighted by molar-refractivity contribution is -0.137. The molecule has 0 unspecified atom stereocenters. The molecule has 0 amide bonds. The molecule has 22 heavy (non-hydrogen) atoms. The van der Waals surface area contributed by atoms with Gasteiger partial charge in [0.05, 0.1) is 5.56 Å². The van der Waals surface area contributed by atoms with E-state index in [0.29, 0.717) is 5.56 Å². The molecule has 1 aliphatic heterocycles. The van der Waals surface area contributed by atoms with Crippen molar-refractivity contribution in [3.05, 3.63) is 63.5 Å². The van der Waals surface area contributed by atoms with E-state index in [2.05, 4.69) is 4.99 Å². The van der Waals surface area contributed by atoms with Gasteiger partial charge in [-0.25, -0.2) is 9.79 Å². The predicted molar refractivity (Wildman–Crippen MR) is 76.4 cm³/mol. The zero-order valence-corrected chi connectivity index (χ0v) is 11.7. The fraction of sp³-hybridized carbons (Fsp3) is 0.0667. The zero-order valence-electron chi connectivity index (χ0n) is 10.9. The lowest BCUT2D eigenvalue weighted by Gasteiger charge is -2.06. The number of rotatable bonds is 2. The number of alkyl halides is 3. The van der Waals surface area contributed by atoms with Crippen molar-refractivity contribution in [2.24, 2.45) is 4.99 Å². The smallest absolute Gasteiger partial charge is 0.402 e. The average molecular weight is 323 g/mol. The van der Waals surface area contributed by atoms with Gasteiger partial charge in [0.1, 0.15) is 0 Å². The van der Waals surface area contributed by atoms with Crippen LogP contribution in [-0.4, -0.2) is 11.9 Å². The number of carbonyl (C=O) groups excluding carboxylic acids is 1. The number of esters is 1. The zero-order chi connectivity index (χ0) is 15.7.